The van der Waals surface area contributed by atoms with Gasteiger partial charge in [0, 0.05) is 32.2 Å². The van der Waals surface area contributed by atoms with Crippen LogP contribution in [0.1, 0.15) is 12.8 Å². The number of aromatic nitrogens is 1. The summed E-state index contributed by atoms with van der Waals surface area (Å²) in [5.41, 5.74) is 0.0762. The summed E-state index contributed by atoms with van der Waals surface area (Å²) in [6.45, 7) is 1.59. The topological polar surface area (TPSA) is 74.5 Å². The zero-order chi connectivity index (χ0) is 14.7. The molecule has 0 aromatic carbocycles. The summed E-state index contributed by atoms with van der Waals surface area (Å²) in [7, 11) is 5.90. The highest BCUT2D eigenvalue weighted by atomic mass is 16.6. The molecule has 1 aromatic rings. The molecule has 0 aliphatic carbocycles. The highest BCUT2D eigenvalue weighted by Gasteiger charge is 2.27. The Bertz CT molecular complexity index is 484. The van der Waals surface area contributed by atoms with Crippen LogP contribution in [0.25, 0.3) is 0 Å². The van der Waals surface area contributed by atoms with Crippen LogP contribution in [0.3, 0.4) is 0 Å². The molecule has 0 amide bonds. The van der Waals surface area contributed by atoms with Gasteiger partial charge in [0.2, 0.25) is 5.82 Å². The molecule has 0 bridgehead atoms. The molecule has 0 unspecified atom stereocenters. The second-order valence-corrected chi connectivity index (χ2v) is 5.23. The van der Waals surface area contributed by atoms with Crippen molar-refractivity contribution >= 4 is 17.3 Å². The fourth-order valence-electron chi connectivity index (χ4n) is 2.55. The summed E-state index contributed by atoms with van der Waals surface area (Å²) in [6.07, 6.45) is 1.99. The van der Waals surface area contributed by atoms with Crippen LogP contribution in [0.15, 0.2) is 12.1 Å². The molecule has 1 aromatic heterocycles. The van der Waals surface area contributed by atoms with Gasteiger partial charge in [-0.05, 0) is 33.0 Å². The van der Waals surface area contributed by atoms with E-state index in [1.165, 1.54) is 6.07 Å². The summed E-state index contributed by atoms with van der Waals surface area (Å²) in [5, 5.41) is 14.1. The van der Waals surface area contributed by atoms with Gasteiger partial charge in [0.05, 0.1) is 4.92 Å². The number of pyridine rings is 1. The molecule has 7 nitrogen and oxygen atoms in total. The molecule has 110 valence electrons. The van der Waals surface area contributed by atoms with E-state index in [-0.39, 0.29) is 10.6 Å². The van der Waals surface area contributed by atoms with Gasteiger partial charge in [-0.1, -0.05) is 0 Å². The normalized spacial score (nSPS) is 16.5. The van der Waals surface area contributed by atoms with Crippen LogP contribution in [0.2, 0.25) is 0 Å². The molecule has 1 aliphatic rings. The lowest BCUT2D eigenvalue weighted by molar-refractivity contribution is -0.384. The Morgan fingerprint density at radius 3 is 2.55 bits per heavy atom. The molecule has 1 fully saturated rings. The lowest BCUT2D eigenvalue weighted by Gasteiger charge is -2.35. The molecule has 7 heteroatoms. The third kappa shape index (κ3) is 2.98. The smallest absolute Gasteiger partial charge is 0.311 e. The Morgan fingerprint density at radius 2 is 2.05 bits per heavy atom. The number of nitrogens with one attached hydrogen (secondary N) is 1. The molecule has 0 atom stereocenters. The molecular weight excluding hydrogens is 258 g/mol. The van der Waals surface area contributed by atoms with Gasteiger partial charge in [-0.2, -0.15) is 0 Å². The number of nitrogens with zero attached hydrogens (tertiary/aromatic N) is 4. The van der Waals surface area contributed by atoms with Gasteiger partial charge in [-0.15, -0.1) is 0 Å². The Labute approximate surface area is 118 Å². The molecule has 0 saturated carbocycles. The van der Waals surface area contributed by atoms with E-state index >= 15 is 0 Å². The number of hydrogen-bond acceptors (Lipinski definition) is 6. The van der Waals surface area contributed by atoms with Crippen LogP contribution in [-0.4, -0.2) is 55.1 Å². The minimum Gasteiger partial charge on any atom is -0.373 e. The zero-order valence-electron chi connectivity index (χ0n) is 12.2. The third-order valence-electron chi connectivity index (χ3n) is 3.80. The summed E-state index contributed by atoms with van der Waals surface area (Å²) in [5.74, 6) is 1.12. The molecular formula is C13H21N5O2. The number of hydrogen-bond donors (Lipinski definition) is 1. The minimum atomic E-state index is -0.361. The van der Waals surface area contributed by atoms with Gasteiger partial charge in [0.15, 0.2) is 0 Å². The van der Waals surface area contributed by atoms with Gasteiger partial charge >= 0.3 is 5.69 Å². The van der Waals surface area contributed by atoms with E-state index < -0.39 is 0 Å². The predicted molar refractivity (Wildman–Crippen MR) is 79.4 cm³/mol. The van der Waals surface area contributed by atoms with Crippen molar-refractivity contribution < 1.29 is 4.92 Å². The van der Waals surface area contributed by atoms with Gasteiger partial charge < -0.3 is 15.1 Å². The molecule has 2 rings (SSSR count). The molecule has 20 heavy (non-hydrogen) atoms. The molecule has 0 spiro atoms. The van der Waals surface area contributed by atoms with E-state index in [4.69, 9.17) is 0 Å². The highest BCUT2D eigenvalue weighted by molar-refractivity contribution is 5.61. The van der Waals surface area contributed by atoms with Gasteiger partial charge in [-0.25, -0.2) is 4.98 Å². The molecule has 0 radical (unpaired) electrons. The summed E-state index contributed by atoms with van der Waals surface area (Å²) < 4.78 is 0. The van der Waals surface area contributed by atoms with Crippen molar-refractivity contribution in [1.82, 2.24) is 9.88 Å². The standard InChI is InChI=1S/C13H21N5O2/c1-14-12-5-4-11(18(19)20)13(15-12)17-8-6-10(7-9-17)16(2)3/h4-5,10H,6-9H2,1-3H3,(H,14,15). The lowest BCUT2D eigenvalue weighted by Crippen LogP contribution is -2.42. The number of rotatable bonds is 4. The van der Waals surface area contributed by atoms with Crippen molar-refractivity contribution in [2.24, 2.45) is 0 Å². The zero-order valence-corrected chi connectivity index (χ0v) is 12.2. The summed E-state index contributed by atoms with van der Waals surface area (Å²) in [6, 6.07) is 3.69. The van der Waals surface area contributed by atoms with E-state index in [1.807, 2.05) is 4.90 Å². The van der Waals surface area contributed by atoms with E-state index in [0.717, 1.165) is 25.9 Å². The molecule has 2 heterocycles. The van der Waals surface area contributed by atoms with Crippen molar-refractivity contribution in [3.63, 3.8) is 0 Å². The second-order valence-electron chi connectivity index (χ2n) is 5.23. The number of nitro groups is 1. The van der Waals surface area contributed by atoms with Crippen LogP contribution >= 0.6 is 0 Å². The van der Waals surface area contributed by atoms with E-state index in [1.54, 1.807) is 13.1 Å². The second kappa shape index (κ2) is 6.04. The van der Waals surface area contributed by atoms with Crippen molar-refractivity contribution in [1.29, 1.82) is 0 Å². The molecule has 1 N–H and O–H groups in total. The fraction of sp³-hybridized carbons (Fsp3) is 0.615. The van der Waals surface area contributed by atoms with Crippen LogP contribution in [0.4, 0.5) is 17.3 Å². The average Bonchev–Trinajstić information content (AvgIpc) is 2.46. The quantitative estimate of drug-likeness (QED) is 0.666. The monoisotopic (exact) mass is 279 g/mol. The highest BCUT2D eigenvalue weighted by Crippen LogP contribution is 2.30. The Morgan fingerprint density at radius 1 is 1.40 bits per heavy atom. The fourth-order valence-corrected chi connectivity index (χ4v) is 2.55. The van der Waals surface area contributed by atoms with Crippen LogP contribution in [0, 0.1) is 10.1 Å². The first-order valence-electron chi connectivity index (χ1n) is 6.77. The van der Waals surface area contributed by atoms with Crippen LogP contribution < -0.4 is 10.2 Å². The first kappa shape index (κ1) is 14.5. The van der Waals surface area contributed by atoms with E-state index in [0.29, 0.717) is 17.7 Å². The Kier molecular flexibility index (Phi) is 4.39. The average molecular weight is 279 g/mol. The van der Waals surface area contributed by atoms with Crippen LogP contribution in [-0.2, 0) is 0 Å². The molecule has 1 saturated heterocycles. The Hall–Kier alpha value is -1.89. The minimum absolute atomic E-state index is 0.0762. The van der Waals surface area contributed by atoms with Gasteiger partial charge in [0.1, 0.15) is 5.82 Å². The van der Waals surface area contributed by atoms with Crippen molar-refractivity contribution in [2.75, 3.05) is 44.4 Å². The van der Waals surface area contributed by atoms with Crippen molar-refractivity contribution in [2.45, 2.75) is 18.9 Å². The predicted octanol–water partition coefficient (Wildman–Crippen LogP) is 1.56. The summed E-state index contributed by atoms with van der Waals surface area (Å²) in [4.78, 5) is 19.4. The summed E-state index contributed by atoms with van der Waals surface area (Å²) >= 11 is 0. The third-order valence-corrected chi connectivity index (χ3v) is 3.80. The van der Waals surface area contributed by atoms with Crippen LogP contribution in [0.5, 0.6) is 0 Å². The maximum atomic E-state index is 11.1. The SMILES string of the molecule is CNc1ccc([N+](=O)[O-])c(N2CCC(N(C)C)CC2)n1. The first-order valence-corrected chi connectivity index (χ1v) is 6.77. The maximum absolute atomic E-state index is 11.1. The van der Waals surface area contributed by atoms with E-state index in [2.05, 4.69) is 29.3 Å². The lowest BCUT2D eigenvalue weighted by atomic mass is 10.0. The number of piperidine rings is 1. The number of anilines is 2. The molecule has 1 aliphatic heterocycles. The van der Waals surface area contributed by atoms with Gasteiger partial charge in [0.25, 0.3) is 0 Å². The van der Waals surface area contributed by atoms with Gasteiger partial charge in [-0.3, -0.25) is 10.1 Å². The Balaban J connectivity index is 2.21. The van der Waals surface area contributed by atoms with Crippen molar-refractivity contribution in [3.8, 4) is 0 Å². The maximum Gasteiger partial charge on any atom is 0.311 e. The first-order chi connectivity index (χ1) is 9.52. The van der Waals surface area contributed by atoms with Crippen molar-refractivity contribution in [3.05, 3.63) is 22.2 Å². The largest absolute Gasteiger partial charge is 0.373 e. The van der Waals surface area contributed by atoms with E-state index in [9.17, 15) is 10.1 Å².